The molecule has 7 aromatic carbocycles. The first kappa shape index (κ1) is 29.1. The van der Waals surface area contributed by atoms with Crippen LogP contribution < -0.4 is 0 Å². The molecule has 0 aliphatic carbocycles. The van der Waals surface area contributed by atoms with Crippen LogP contribution in [0.4, 0.5) is 0 Å². The van der Waals surface area contributed by atoms with Crippen LogP contribution in [0.2, 0.25) is 0 Å². The van der Waals surface area contributed by atoms with E-state index in [2.05, 4.69) is 161 Å². The first-order chi connectivity index (χ1) is 25.3. The maximum Gasteiger partial charge on any atom is 0.163 e. The standard InChI is InChI=1S/C46H31N5/c1-4-15-31(16-5-1)33-19-14-20-34(29-33)46-48-42(47-45(49-46)32-17-6-2-7-18-32)30-50-40-25-12-10-23-36(40)38-27-28-39-37-24-11-13-26-41(37)51(44(39)43(38)50)35-21-8-3-9-22-35/h1-29H,30H2. The first-order valence-electron chi connectivity index (χ1n) is 17.2. The van der Waals surface area contributed by atoms with Gasteiger partial charge in [-0.1, -0.05) is 146 Å². The molecule has 51 heavy (non-hydrogen) atoms. The van der Waals surface area contributed by atoms with E-state index in [1.165, 1.54) is 32.6 Å². The van der Waals surface area contributed by atoms with E-state index >= 15 is 0 Å². The number of para-hydroxylation sites is 3. The van der Waals surface area contributed by atoms with Gasteiger partial charge in [0, 0.05) is 43.9 Å². The molecule has 0 fully saturated rings. The second kappa shape index (κ2) is 11.9. The Bertz CT molecular complexity index is 2870. The Labute approximate surface area is 294 Å². The third-order valence-corrected chi connectivity index (χ3v) is 9.82. The highest BCUT2D eigenvalue weighted by Crippen LogP contribution is 2.40. The van der Waals surface area contributed by atoms with Crippen LogP contribution in [0.15, 0.2) is 176 Å². The van der Waals surface area contributed by atoms with E-state index < -0.39 is 0 Å². The molecule has 0 unspecified atom stereocenters. The van der Waals surface area contributed by atoms with Gasteiger partial charge in [0.1, 0.15) is 0 Å². The van der Waals surface area contributed by atoms with Crippen LogP contribution in [0.3, 0.4) is 0 Å². The van der Waals surface area contributed by atoms with Crippen molar-refractivity contribution in [1.29, 1.82) is 0 Å². The molecular formula is C46H31N5. The van der Waals surface area contributed by atoms with Gasteiger partial charge in [-0.2, -0.15) is 0 Å². The summed E-state index contributed by atoms with van der Waals surface area (Å²) in [5.41, 5.74) is 9.94. The SMILES string of the molecule is c1ccc(-c2cccc(-c3nc(Cn4c5ccccc5c5ccc6c7ccccc7n(-c7ccccc7)c6c54)nc(-c4ccccc4)n3)c2)cc1. The van der Waals surface area contributed by atoms with Gasteiger partial charge in [-0.15, -0.1) is 0 Å². The lowest BCUT2D eigenvalue weighted by molar-refractivity contribution is 0.786. The Kier molecular flexibility index (Phi) is 6.81. The highest BCUT2D eigenvalue weighted by atomic mass is 15.1. The van der Waals surface area contributed by atoms with Gasteiger partial charge in [0.25, 0.3) is 0 Å². The van der Waals surface area contributed by atoms with Crippen LogP contribution in [0.25, 0.3) is 83.2 Å². The van der Waals surface area contributed by atoms with Crippen molar-refractivity contribution in [3.63, 3.8) is 0 Å². The zero-order valence-corrected chi connectivity index (χ0v) is 27.7. The molecule has 10 rings (SSSR count). The molecular weight excluding hydrogens is 623 g/mol. The molecule has 0 saturated carbocycles. The molecule has 0 aliphatic heterocycles. The molecule has 5 heteroatoms. The monoisotopic (exact) mass is 653 g/mol. The second-order valence-corrected chi connectivity index (χ2v) is 12.9. The Morgan fingerprint density at radius 2 is 0.902 bits per heavy atom. The number of nitrogens with zero attached hydrogens (tertiary/aromatic N) is 5. The summed E-state index contributed by atoms with van der Waals surface area (Å²) in [6.07, 6.45) is 0. The molecule has 0 saturated heterocycles. The fourth-order valence-electron chi connectivity index (χ4n) is 7.54. The average Bonchev–Trinajstić information content (AvgIpc) is 3.71. The summed E-state index contributed by atoms with van der Waals surface area (Å²) in [5.74, 6) is 2.01. The summed E-state index contributed by atoms with van der Waals surface area (Å²) in [7, 11) is 0. The third-order valence-electron chi connectivity index (χ3n) is 9.82. The minimum Gasteiger partial charge on any atom is -0.331 e. The molecule has 0 N–H and O–H groups in total. The number of aromatic nitrogens is 5. The van der Waals surface area contributed by atoms with Crippen molar-refractivity contribution >= 4 is 43.6 Å². The van der Waals surface area contributed by atoms with E-state index in [1.54, 1.807) is 0 Å². The van der Waals surface area contributed by atoms with Gasteiger partial charge in [-0.3, -0.25) is 0 Å². The minimum absolute atomic E-state index is 0.465. The molecule has 0 amide bonds. The number of benzene rings is 7. The largest absolute Gasteiger partial charge is 0.331 e. The molecule has 0 aliphatic rings. The van der Waals surface area contributed by atoms with Gasteiger partial charge in [-0.05, 0) is 41.5 Å². The fourth-order valence-corrected chi connectivity index (χ4v) is 7.54. The van der Waals surface area contributed by atoms with Gasteiger partial charge in [0.2, 0.25) is 0 Å². The predicted molar refractivity (Wildman–Crippen MR) is 209 cm³/mol. The van der Waals surface area contributed by atoms with Crippen molar-refractivity contribution in [1.82, 2.24) is 24.1 Å². The number of fused-ring (bicyclic) bond motifs is 7. The molecule has 0 radical (unpaired) electrons. The maximum absolute atomic E-state index is 5.21. The van der Waals surface area contributed by atoms with Crippen LogP contribution in [0.1, 0.15) is 5.82 Å². The number of hydrogen-bond acceptors (Lipinski definition) is 3. The van der Waals surface area contributed by atoms with Crippen LogP contribution in [0.5, 0.6) is 0 Å². The van der Waals surface area contributed by atoms with Crippen molar-refractivity contribution in [2.45, 2.75) is 6.54 Å². The molecule has 240 valence electrons. The Hall–Kier alpha value is -6.85. The van der Waals surface area contributed by atoms with E-state index in [9.17, 15) is 0 Å². The summed E-state index contributed by atoms with van der Waals surface area (Å²) in [6.45, 7) is 0.465. The van der Waals surface area contributed by atoms with Crippen LogP contribution in [0, 0.1) is 0 Å². The van der Waals surface area contributed by atoms with Crippen LogP contribution in [-0.2, 0) is 6.54 Å². The summed E-state index contributed by atoms with van der Waals surface area (Å²) in [4.78, 5) is 15.4. The van der Waals surface area contributed by atoms with E-state index in [-0.39, 0.29) is 0 Å². The first-order valence-corrected chi connectivity index (χ1v) is 17.2. The van der Waals surface area contributed by atoms with Crippen LogP contribution in [-0.4, -0.2) is 24.1 Å². The molecule has 3 aromatic heterocycles. The van der Waals surface area contributed by atoms with Crippen molar-refractivity contribution < 1.29 is 0 Å². The van der Waals surface area contributed by atoms with Crippen molar-refractivity contribution in [3.05, 3.63) is 182 Å². The number of rotatable bonds is 6. The predicted octanol–water partition coefficient (Wildman–Crippen LogP) is 11.1. The summed E-state index contributed by atoms with van der Waals surface area (Å²) in [6, 6.07) is 61.7. The van der Waals surface area contributed by atoms with Crippen molar-refractivity contribution in [2.75, 3.05) is 0 Å². The maximum atomic E-state index is 5.21. The van der Waals surface area contributed by atoms with Crippen LogP contribution >= 0.6 is 0 Å². The Balaban J connectivity index is 1.24. The van der Waals surface area contributed by atoms with E-state index in [4.69, 9.17) is 15.0 Å². The Morgan fingerprint density at radius 1 is 0.373 bits per heavy atom. The number of hydrogen-bond donors (Lipinski definition) is 0. The van der Waals surface area contributed by atoms with E-state index in [1.807, 2.05) is 24.3 Å². The van der Waals surface area contributed by atoms with Gasteiger partial charge >= 0.3 is 0 Å². The van der Waals surface area contributed by atoms with Gasteiger partial charge in [-0.25, -0.2) is 15.0 Å². The zero-order valence-electron chi connectivity index (χ0n) is 27.7. The molecule has 10 aromatic rings. The van der Waals surface area contributed by atoms with E-state index in [0.717, 1.165) is 39.0 Å². The molecule has 5 nitrogen and oxygen atoms in total. The smallest absolute Gasteiger partial charge is 0.163 e. The quantitative estimate of drug-likeness (QED) is 0.179. The molecule has 0 bridgehead atoms. The minimum atomic E-state index is 0.465. The third kappa shape index (κ3) is 4.90. The van der Waals surface area contributed by atoms with Gasteiger partial charge in [0.05, 0.1) is 23.1 Å². The highest BCUT2D eigenvalue weighted by Gasteiger charge is 2.21. The highest BCUT2D eigenvalue weighted by molar-refractivity contribution is 6.23. The lowest BCUT2D eigenvalue weighted by Crippen LogP contribution is -2.09. The molecule has 0 spiro atoms. The summed E-state index contributed by atoms with van der Waals surface area (Å²) >= 11 is 0. The van der Waals surface area contributed by atoms with Crippen molar-refractivity contribution in [3.8, 4) is 39.6 Å². The topological polar surface area (TPSA) is 48.5 Å². The van der Waals surface area contributed by atoms with Gasteiger partial charge < -0.3 is 9.13 Å². The Morgan fingerprint density at radius 3 is 1.63 bits per heavy atom. The normalized spacial score (nSPS) is 11.6. The lowest BCUT2D eigenvalue weighted by atomic mass is 10.0. The van der Waals surface area contributed by atoms with Crippen molar-refractivity contribution in [2.24, 2.45) is 0 Å². The van der Waals surface area contributed by atoms with Gasteiger partial charge in [0.15, 0.2) is 17.5 Å². The second-order valence-electron chi connectivity index (χ2n) is 12.9. The average molecular weight is 654 g/mol. The van der Waals surface area contributed by atoms with E-state index in [0.29, 0.717) is 24.0 Å². The molecule has 3 heterocycles. The molecule has 0 atom stereocenters. The summed E-state index contributed by atoms with van der Waals surface area (Å²) in [5, 5.41) is 4.84. The summed E-state index contributed by atoms with van der Waals surface area (Å²) < 4.78 is 4.81. The lowest BCUT2D eigenvalue weighted by Gasteiger charge is -2.13. The fraction of sp³-hybridized carbons (Fsp3) is 0.0217. The zero-order chi connectivity index (χ0) is 33.7.